The Labute approximate surface area is 129 Å². The molecule has 1 aromatic carbocycles. The minimum atomic E-state index is -1.09. The Bertz CT molecular complexity index is 715. The smallest absolute Gasteiger partial charge is 0.339 e. The molecular formula is C17H19NO4. The number of carboxylic acids is 1. The summed E-state index contributed by atoms with van der Waals surface area (Å²) < 4.78 is 5.33. The second-order valence-electron chi connectivity index (χ2n) is 5.22. The van der Waals surface area contributed by atoms with Crippen LogP contribution in [-0.4, -0.2) is 17.0 Å². The van der Waals surface area contributed by atoms with Crippen LogP contribution >= 0.6 is 0 Å². The van der Waals surface area contributed by atoms with Crippen LogP contribution in [0.4, 0.5) is 0 Å². The number of amides is 1. The van der Waals surface area contributed by atoms with Gasteiger partial charge in [-0.25, -0.2) is 4.79 Å². The van der Waals surface area contributed by atoms with Crippen molar-refractivity contribution in [3.8, 4) is 0 Å². The molecule has 0 aliphatic heterocycles. The number of hydrogen-bond acceptors (Lipinski definition) is 3. The highest BCUT2D eigenvalue weighted by Gasteiger charge is 2.19. The molecule has 0 radical (unpaired) electrons. The summed E-state index contributed by atoms with van der Waals surface area (Å²) in [5.74, 6) is -1.17. The highest BCUT2D eigenvalue weighted by atomic mass is 16.4. The van der Waals surface area contributed by atoms with Crippen molar-refractivity contribution in [1.29, 1.82) is 0 Å². The number of nitrogens with one attached hydrogen (secondary N) is 1. The van der Waals surface area contributed by atoms with Crippen molar-refractivity contribution in [2.24, 2.45) is 0 Å². The van der Waals surface area contributed by atoms with Crippen LogP contribution in [0.3, 0.4) is 0 Å². The molecule has 0 saturated heterocycles. The summed E-state index contributed by atoms with van der Waals surface area (Å²) in [6, 6.07) is 7.27. The number of furan rings is 1. The molecular weight excluding hydrogens is 282 g/mol. The third-order valence-corrected chi connectivity index (χ3v) is 3.52. The Morgan fingerprint density at radius 1 is 1.23 bits per heavy atom. The van der Waals surface area contributed by atoms with Crippen molar-refractivity contribution in [2.75, 3.05) is 0 Å². The van der Waals surface area contributed by atoms with E-state index in [1.54, 1.807) is 6.92 Å². The molecule has 0 aliphatic rings. The van der Waals surface area contributed by atoms with Gasteiger partial charge in [-0.3, -0.25) is 4.79 Å². The molecule has 5 heteroatoms. The summed E-state index contributed by atoms with van der Waals surface area (Å²) in [4.78, 5) is 23.2. The van der Waals surface area contributed by atoms with E-state index in [0.717, 1.165) is 16.7 Å². The third kappa shape index (κ3) is 3.36. The van der Waals surface area contributed by atoms with E-state index in [-0.39, 0.29) is 11.3 Å². The Morgan fingerprint density at radius 2 is 1.95 bits per heavy atom. The molecule has 0 fully saturated rings. The van der Waals surface area contributed by atoms with Gasteiger partial charge in [-0.1, -0.05) is 30.7 Å². The fourth-order valence-corrected chi connectivity index (χ4v) is 2.29. The molecule has 2 aromatic rings. The van der Waals surface area contributed by atoms with Crippen molar-refractivity contribution in [3.05, 3.63) is 58.0 Å². The predicted molar refractivity (Wildman–Crippen MR) is 82.1 cm³/mol. The molecule has 1 aromatic heterocycles. The van der Waals surface area contributed by atoms with Gasteiger partial charge in [0.1, 0.15) is 11.3 Å². The fourth-order valence-electron chi connectivity index (χ4n) is 2.29. The second-order valence-corrected chi connectivity index (χ2v) is 5.22. The first-order valence-corrected chi connectivity index (χ1v) is 7.12. The minimum Gasteiger partial charge on any atom is -0.478 e. The van der Waals surface area contributed by atoms with Crippen LogP contribution in [0.5, 0.6) is 0 Å². The van der Waals surface area contributed by atoms with E-state index in [0.29, 0.717) is 18.7 Å². The van der Waals surface area contributed by atoms with Gasteiger partial charge in [0, 0.05) is 19.0 Å². The van der Waals surface area contributed by atoms with E-state index in [1.165, 1.54) is 6.07 Å². The predicted octanol–water partition coefficient (Wildman–Crippen LogP) is 3.09. The molecule has 1 heterocycles. The molecule has 0 aliphatic carbocycles. The molecule has 0 saturated carbocycles. The Kier molecular flexibility index (Phi) is 4.65. The molecule has 1 amide bonds. The number of carbonyl (C=O) groups excluding carboxylic acids is 1. The van der Waals surface area contributed by atoms with Crippen LogP contribution in [-0.2, 0) is 13.0 Å². The second kappa shape index (κ2) is 6.47. The molecule has 0 bridgehead atoms. The van der Waals surface area contributed by atoms with Gasteiger partial charge in [0.15, 0.2) is 5.76 Å². The van der Waals surface area contributed by atoms with Gasteiger partial charge >= 0.3 is 5.97 Å². The zero-order valence-electron chi connectivity index (χ0n) is 12.9. The van der Waals surface area contributed by atoms with Crippen molar-refractivity contribution in [2.45, 2.75) is 33.7 Å². The molecule has 0 spiro atoms. The molecule has 116 valence electrons. The van der Waals surface area contributed by atoms with E-state index >= 15 is 0 Å². The highest BCUT2D eigenvalue weighted by molar-refractivity contribution is 5.96. The molecule has 2 rings (SSSR count). The lowest BCUT2D eigenvalue weighted by Gasteiger charge is -2.07. The van der Waals surface area contributed by atoms with Gasteiger partial charge in [-0.15, -0.1) is 0 Å². The highest BCUT2D eigenvalue weighted by Crippen LogP contribution is 2.17. The van der Waals surface area contributed by atoms with Gasteiger partial charge in [0.05, 0.1) is 0 Å². The lowest BCUT2D eigenvalue weighted by atomic mass is 10.1. The third-order valence-electron chi connectivity index (χ3n) is 3.52. The molecule has 0 atom stereocenters. The van der Waals surface area contributed by atoms with E-state index < -0.39 is 11.9 Å². The normalized spacial score (nSPS) is 10.5. The maximum absolute atomic E-state index is 12.1. The van der Waals surface area contributed by atoms with Crippen molar-refractivity contribution in [1.82, 2.24) is 5.32 Å². The van der Waals surface area contributed by atoms with Crippen LogP contribution in [0.2, 0.25) is 0 Å². The van der Waals surface area contributed by atoms with Gasteiger partial charge in [-0.2, -0.15) is 0 Å². The lowest BCUT2D eigenvalue weighted by Crippen LogP contribution is -2.22. The fraction of sp³-hybridized carbons (Fsp3) is 0.294. The van der Waals surface area contributed by atoms with Crippen LogP contribution in [0, 0.1) is 13.8 Å². The standard InChI is InChI=1S/C17H19NO4/c1-4-14-13(17(20)21)8-15(22-14)16(19)18-9-12-6-5-10(2)7-11(12)3/h5-8H,4,9H2,1-3H3,(H,18,19)(H,20,21). The van der Waals surface area contributed by atoms with Gasteiger partial charge in [-0.05, 0) is 25.0 Å². The number of carbonyl (C=O) groups is 2. The number of hydrogen-bond donors (Lipinski definition) is 2. The van der Waals surface area contributed by atoms with E-state index in [1.807, 2.05) is 32.0 Å². The first-order valence-electron chi connectivity index (χ1n) is 7.12. The summed E-state index contributed by atoms with van der Waals surface area (Å²) in [6.45, 7) is 6.15. The molecule has 0 unspecified atom stereocenters. The average Bonchev–Trinajstić information content (AvgIpc) is 2.90. The van der Waals surface area contributed by atoms with Crippen LogP contribution < -0.4 is 5.32 Å². The van der Waals surface area contributed by atoms with Gasteiger partial charge in [0.25, 0.3) is 5.91 Å². The molecule has 2 N–H and O–H groups in total. The maximum atomic E-state index is 12.1. The largest absolute Gasteiger partial charge is 0.478 e. The quantitative estimate of drug-likeness (QED) is 0.889. The summed E-state index contributed by atoms with van der Waals surface area (Å²) in [7, 11) is 0. The SMILES string of the molecule is CCc1oc(C(=O)NCc2ccc(C)cc2C)cc1C(=O)O. The number of benzene rings is 1. The zero-order valence-corrected chi connectivity index (χ0v) is 12.9. The minimum absolute atomic E-state index is 0.0269. The lowest BCUT2D eigenvalue weighted by molar-refractivity contribution is 0.0694. The molecule has 22 heavy (non-hydrogen) atoms. The Morgan fingerprint density at radius 3 is 2.50 bits per heavy atom. The van der Waals surface area contributed by atoms with Crippen LogP contribution in [0.25, 0.3) is 0 Å². The Balaban J connectivity index is 2.11. The van der Waals surface area contributed by atoms with Crippen LogP contribution in [0.15, 0.2) is 28.7 Å². The van der Waals surface area contributed by atoms with Crippen molar-refractivity contribution < 1.29 is 19.1 Å². The summed E-state index contributed by atoms with van der Waals surface area (Å²) in [5, 5.41) is 11.8. The summed E-state index contributed by atoms with van der Waals surface area (Å²) >= 11 is 0. The number of aryl methyl sites for hydroxylation is 3. The van der Waals surface area contributed by atoms with Crippen LogP contribution in [0.1, 0.15) is 50.3 Å². The number of carboxylic acid groups (broad SMARTS) is 1. The summed E-state index contributed by atoms with van der Waals surface area (Å²) in [5.41, 5.74) is 3.32. The van der Waals surface area contributed by atoms with Gasteiger partial charge < -0.3 is 14.8 Å². The first kappa shape index (κ1) is 15.8. The van der Waals surface area contributed by atoms with Crippen molar-refractivity contribution in [3.63, 3.8) is 0 Å². The summed E-state index contributed by atoms with van der Waals surface area (Å²) in [6.07, 6.45) is 0.423. The Hall–Kier alpha value is -2.56. The van der Waals surface area contributed by atoms with E-state index in [4.69, 9.17) is 9.52 Å². The van der Waals surface area contributed by atoms with E-state index in [2.05, 4.69) is 5.32 Å². The monoisotopic (exact) mass is 301 g/mol. The van der Waals surface area contributed by atoms with Crippen molar-refractivity contribution >= 4 is 11.9 Å². The first-order chi connectivity index (χ1) is 10.4. The van der Waals surface area contributed by atoms with Gasteiger partial charge in [0.2, 0.25) is 0 Å². The number of aromatic carboxylic acids is 1. The average molecular weight is 301 g/mol. The maximum Gasteiger partial charge on any atom is 0.339 e. The molecule has 5 nitrogen and oxygen atoms in total. The zero-order chi connectivity index (χ0) is 16.3. The van der Waals surface area contributed by atoms with E-state index in [9.17, 15) is 9.59 Å². The topological polar surface area (TPSA) is 79.5 Å². The number of rotatable bonds is 5.